The second-order valence-electron chi connectivity index (χ2n) is 4.73. The number of hydrogen-bond acceptors (Lipinski definition) is 5. The number of nitrogens with one attached hydrogen (secondary N) is 1. The van der Waals surface area contributed by atoms with E-state index in [1.807, 2.05) is 12.1 Å². The monoisotopic (exact) mass is 235 g/mol. The average molecular weight is 235 g/mol. The van der Waals surface area contributed by atoms with E-state index in [0.717, 1.165) is 18.9 Å². The van der Waals surface area contributed by atoms with Crippen LogP contribution in [0.2, 0.25) is 0 Å². The second kappa shape index (κ2) is 5.33. The van der Waals surface area contributed by atoms with Gasteiger partial charge in [-0.25, -0.2) is 10.8 Å². The zero-order valence-corrected chi connectivity index (χ0v) is 10.6. The maximum atomic E-state index is 5.37. The molecule has 5 nitrogen and oxygen atoms in total. The fourth-order valence-electron chi connectivity index (χ4n) is 2.34. The Bertz CT molecular complexity index is 358. The molecule has 2 heterocycles. The lowest BCUT2D eigenvalue weighted by atomic mass is 10.0. The third-order valence-corrected chi connectivity index (χ3v) is 3.45. The van der Waals surface area contributed by atoms with E-state index >= 15 is 0 Å². The number of rotatable bonds is 3. The number of hydrazine groups is 1. The highest BCUT2D eigenvalue weighted by atomic mass is 15.3. The molecule has 1 aromatic heterocycles. The molecule has 17 heavy (non-hydrogen) atoms. The summed E-state index contributed by atoms with van der Waals surface area (Å²) in [7, 11) is 4.31. The predicted octanol–water partition coefficient (Wildman–Crippen LogP) is 0.898. The molecule has 0 unspecified atom stereocenters. The number of nitrogen functional groups attached to an aromatic ring is 1. The van der Waals surface area contributed by atoms with Gasteiger partial charge in [-0.05, 0) is 33.0 Å². The van der Waals surface area contributed by atoms with Crippen molar-refractivity contribution < 1.29 is 0 Å². The van der Waals surface area contributed by atoms with E-state index in [2.05, 4.69) is 34.3 Å². The van der Waals surface area contributed by atoms with Crippen LogP contribution in [0.3, 0.4) is 0 Å². The van der Waals surface area contributed by atoms with Crippen molar-refractivity contribution in [2.24, 2.45) is 5.84 Å². The lowest BCUT2D eigenvalue weighted by Crippen LogP contribution is -2.42. The van der Waals surface area contributed by atoms with Crippen LogP contribution in [0.1, 0.15) is 12.8 Å². The summed E-state index contributed by atoms with van der Waals surface area (Å²) in [5, 5.41) is 0. The quantitative estimate of drug-likeness (QED) is 0.602. The van der Waals surface area contributed by atoms with Gasteiger partial charge in [0.25, 0.3) is 0 Å². The van der Waals surface area contributed by atoms with E-state index in [-0.39, 0.29) is 0 Å². The van der Waals surface area contributed by atoms with Gasteiger partial charge < -0.3 is 15.2 Å². The normalized spacial score (nSPS) is 17.5. The molecule has 1 saturated heterocycles. The molecule has 0 aliphatic carbocycles. The number of hydrogen-bond donors (Lipinski definition) is 2. The summed E-state index contributed by atoms with van der Waals surface area (Å²) >= 11 is 0. The first-order valence-electron chi connectivity index (χ1n) is 6.05. The molecule has 0 radical (unpaired) electrons. The Kier molecular flexibility index (Phi) is 3.81. The fourth-order valence-corrected chi connectivity index (χ4v) is 2.34. The van der Waals surface area contributed by atoms with Crippen molar-refractivity contribution in [1.82, 2.24) is 9.88 Å². The maximum Gasteiger partial charge on any atom is 0.141 e. The molecule has 1 aliphatic heterocycles. The highest BCUT2D eigenvalue weighted by Crippen LogP contribution is 2.22. The Labute approximate surface area is 103 Å². The largest absolute Gasteiger partial charge is 0.371 e. The Morgan fingerprint density at radius 3 is 2.71 bits per heavy atom. The maximum absolute atomic E-state index is 5.37. The molecule has 2 rings (SSSR count). The van der Waals surface area contributed by atoms with E-state index in [1.54, 1.807) is 6.20 Å². The first kappa shape index (κ1) is 12.1. The molecule has 1 fully saturated rings. The van der Waals surface area contributed by atoms with Gasteiger partial charge in [0, 0.05) is 37.1 Å². The molecule has 0 spiro atoms. The summed E-state index contributed by atoms with van der Waals surface area (Å²) in [5.74, 6) is 6.09. The molecular weight excluding hydrogens is 214 g/mol. The number of pyridine rings is 1. The average Bonchev–Trinajstić information content (AvgIpc) is 2.39. The second-order valence-corrected chi connectivity index (χ2v) is 4.73. The first-order chi connectivity index (χ1) is 8.20. The van der Waals surface area contributed by atoms with Crippen molar-refractivity contribution in [2.45, 2.75) is 18.9 Å². The minimum absolute atomic E-state index is 0.709. The van der Waals surface area contributed by atoms with E-state index in [1.165, 1.54) is 18.5 Å². The fraction of sp³-hybridized carbons (Fsp3) is 0.583. The molecule has 0 amide bonds. The number of nitrogens with zero attached hydrogens (tertiary/aromatic N) is 3. The molecule has 3 N–H and O–H groups in total. The smallest absolute Gasteiger partial charge is 0.141 e. The molecule has 0 atom stereocenters. The molecule has 94 valence electrons. The van der Waals surface area contributed by atoms with Crippen molar-refractivity contribution in [3.8, 4) is 0 Å². The van der Waals surface area contributed by atoms with Crippen LogP contribution in [-0.2, 0) is 0 Å². The van der Waals surface area contributed by atoms with Gasteiger partial charge in [0.15, 0.2) is 0 Å². The minimum atomic E-state index is 0.709. The molecular formula is C12H21N5. The van der Waals surface area contributed by atoms with Crippen LogP contribution in [0, 0.1) is 0 Å². The number of anilines is 2. The lowest BCUT2D eigenvalue weighted by Gasteiger charge is -2.36. The lowest BCUT2D eigenvalue weighted by molar-refractivity contribution is 0.249. The molecule has 1 aromatic rings. The third-order valence-electron chi connectivity index (χ3n) is 3.45. The molecule has 5 heteroatoms. The summed E-state index contributed by atoms with van der Waals surface area (Å²) in [5.41, 5.74) is 3.79. The van der Waals surface area contributed by atoms with Gasteiger partial charge in [0.05, 0.1) is 0 Å². The van der Waals surface area contributed by atoms with Crippen LogP contribution in [0.15, 0.2) is 18.3 Å². The Morgan fingerprint density at radius 2 is 2.12 bits per heavy atom. The van der Waals surface area contributed by atoms with Crippen LogP contribution in [-0.4, -0.2) is 43.1 Å². The van der Waals surface area contributed by atoms with Gasteiger partial charge in [-0.15, -0.1) is 0 Å². The SMILES string of the molecule is CN(C)C1CCN(c2ccnc(NN)c2)CC1. The molecule has 0 bridgehead atoms. The number of nitrogens with two attached hydrogens (primary N) is 1. The predicted molar refractivity (Wildman–Crippen MR) is 71.0 cm³/mol. The number of piperidine rings is 1. The van der Waals surface area contributed by atoms with Crippen LogP contribution >= 0.6 is 0 Å². The van der Waals surface area contributed by atoms with Crippen molar-refractivity contribution in [2.75, 3.05) is 37.5 Å². The van der Waals surface area contributed by atoms with Gasteiger partial charge in [-0.3, -0.25) is 0 Å². The molecule has 0 saturated carbocycles. The van der Waals surface area contributed by atoms with Crippen LogP contribution in [0.5, 0.6) is 0 Å². The number of aromatic nitrogens is 1. The van der Waals surface area contributed by atoms with Gasteiger partial charge in [-0.1, -0.05) is 0 Å². The summed E-state index contributed by atoms with van der Waals surface area (Å²) in [6.07, 6.45) is 4.21. The van der Waals surface area contributed by atoms with Gasteiger partial charge in [-0.2, -0.15) is 0 Å². The zero-order chi connectivity index (χ0) is 12.3. The van der Waals surface area contributed by atoms with Gasteiger partial charge in [0.2, 0.25) is 0 Å². The highest BCUT2D eigenvalue weighted by molar-refractivity contribution is 5.53. The first-order valence-corrected chi connectivity index (χ1v) is 6.05. The van der Waals surface area contributed by atoms with E-state index < -0.39 is 0 Å². The Balaban J connectivity index is 2.00. The van der Waals surface area contributed by atoms with Crippen LogP contribution < -0.4 is 16.2 Å². The topological polar surface area (TPSA) is 57.4 Å². The van der Waals surface area contributed by atoms with Gasteiger partial charge in [0.1, 0.15) is 5.82 Å². The van der Waals surface area contributed by atoms with E-state index in [0.29, 0.717) is 6.04 Å². The van der Waals surface area contributed by atoms with Crippen LogP contribution in [0.25, 0.3) is 0 Å². The van der Waals surface area contributed by atoms with Gasteiger partial charge >= 0.3 is 0 Å². The van der Waals surface area contributed by atoms with Crippen LogP contribution in [0.4, 0.5) is 11.5 Å². The Hall–Kier alpha value is -1.33. The van der Waals surface area contributed by atoms with Crippen molar-refractivity contribution in [3.63, 3.8) is 0 Å². The van der Waals surface area contributed by atoms with Crippen molar-refractivity contribution >= 4 is 11.5 Å². The highest BCUT2D eigenvalue weighted by Gasteiger charge is 2.20. The van der Waals surface area contributed by atoms with E-state index in [9.17, 15) is 0 Å². The summed E-state index contributed by atoms with van der Waals surface area (Å²) in [6.45, 7) is 2.19. The van der Waals surface area contributed by atoms with E-state index in [4.69, 9.17) is 5.84 Å². The standard InChI is InChI=1S/C12H21N5/c1-16(2)10-4-7-17(8-5-10)11-3-6-14-12(9-11)15-13/h3,6,9-10H,4-5,7-8,13H2,1-2H3,(H,14,15). The summed E-state index contributed by atoms with van der Waals surface area (Å²) in [6, 6.07) is 4.74. The third kappa shape index (κ3) is 2.87. The molecule has 0 aromatic carbocycles. The molecule has 1 aliphatic rings. The van der Waals surface area contributed by atoms with Crippen molar-refractivity contribution in [1.29, 1.82) is 0 Å². The van der Waals surface area contributed by atoms with Crippen molar-refractivity contribution in [3.05, 3.63) is 18.3 Å². The summed E-state index contributed by atoms with van der Waals surface area (Å²) in [4.78, 5) is 8.83. The Morgan fingerprint density at radius 1 is 1.41 bits per heavy atom. The zero-order valence-electron chi connectivity index (χ0n) is 10.6. The summed E-state index contributed by atoms with van der Waals surface area (Å²) < 4.78 is 0. The minimum Gasteiger partial charge on any atom is -0.371 e.